The molecule has 0 aliphatic rings. The van der Waals surface area contributed by atoms with Gasteiger partial charge in [-0.3, -0.25) is 0 Å². The van der Waals surface area contributed by atoms with Crippen molar-refractivity contribution in [3.63, 3.8) is 0 Å². The first kappa shape index (κ1) is 20.5. The van der Waals surface area contributed by atoms with Crippen LogP contribution in [0.2, 0.25) is 5.15 Å². The van der Waals surface area contributed by atoms with Gasteiger partial charge in [0.15, 0.2) is 6.54 Å². The molecule has 3 rings (SSSR count). The summed E-state index contributed by atoms with van der Waals surface area (Å²) in [6, 6.07) is 18.0. The van der Waals surface area contributed by atoms with Gasteiger partial charge in [0.2, 0.25) is 4.91 Å². The van der Waals surface area contributed by atoms with E-state index < -0.39 is 0 Å². The van der Waals surface area contributed by atoms with Crippen LogP contribution in [0, 0.1) is 16.9 Å². The summed E-state index contributed by atoms with van der Waals surface area (Å²) in [7, 11) is 0. The van der Waals surface area contributed by atoms with Crippen molar-refractivity contribution in [1.82, 2.24) is 14.5 Å². The lowest BCUT2D eigenvalue weighted by atomic mass is 9.99. The predicted molar refractivity (Wildman–Crippen MR) is 113 cm³/mol. The second-order valence-corrected chi connectivity index (χ2v) is 7.07. The first-order valence-electron chi connectivity index (χ1n) is 9.53. The molecule has 3 aromatic rings. The van der Waals surface area contributed by atoms with Crippen molar-refractivity contribution in [2.24, 2.45) is 5.11 Å². The molecule has 0 fully saturated rings. The molecule has 0 radical (unpaired) electrons. The minimum atomic E-state index is 0.207. The van der Waals surface area contributed by atoms with Crippen LogP contribution in [0.3, 0.4) is 0 Å². The SMILES string of the molecule is CCCCc1nc(CN=[N+]=N)c(Cl)n1Cc1ccc(-c2ccccc2C#N)cc1. The zero-order valence-corrected chi connectivity index (χ0v) is 17.0. The maximum absolute atomic E-state index is 9.32. The number of nitrogens with one attached hydrogen (secondary N) is 1. The molecule has 1 N–H and O–H groups in total. The summed E-state index contributed by atoms with van der Waals surface area (Å²) in [6.45, 7) is 2.95. The lowest BCUT2D eigenvalue weighted by Gasteiger charge is -2.10. The normalized spacial score (nSPS) is 10.4. The van der Waals surface area contributed by atoms with Crippen LogP contribution in [0.25, 0.3) is 11.1 Å². The second kappa shape index (κ2) is 9.79. The number of aromatic nitrogens is 2. The Kier molecular flexibility index (Phi) is 6.91. The summed E-state index contributed by atoms with van der Waals surface area (Å²) < 4.78 is 2.00. The quantitative estimate of drug-likeness (QED) is 0.395. The first-order chi connectivity index (χ1) is 14.2. The molecule has 0 saturated heterocycles. The molecule has 1 aromatic heterocycles. The van der Waals surface area contributed by atoms with Gasteiger partial charge in [0.05, 0.1) is 18.2 Å². The van der Waals surface area contributed by atoms with Crippen LogP contribution in [0.1, 0.15) is 42.4 Å². The Morgan fingerprint density at radius 3 is 2.66 bits per heavy atom. The van der Waals surface area contributed by atoms with Crippen LogP contribution >= 0.6 is 11.6 Å². The zero-order valence-electron chi connectivity index (χ0n) is 16.3. The van der Waals surface area contributed by atoms with Gasteiger partial charge in [-0.1, -0.05) is 67.4 Å². The average molecular weight is 406 g/mol. The summed E-state index contributed by atoms with van der Waals surface area (Å²) >= 11 is 6.56. The number of nitrogens with zero attached hydrogens (tertiary/aromatic N) is 5. The third kappa shape index (κ3) is 4.78. The highest BCUT2D eigenvalue weighted by Gasteiger charge is 2.17. The van der Waals surface area contributed by atoms with Crippen molar-refractivity contribution in [2.45, 2.75) is 39.3 Å². The van der Waals surface area contributed by atoms with E-state index in [1.54, 1.807) is 0 Å². The molecule has 0 bridgehead atoms. The number of hydrogen-bond donors (Lipinski definition) is 1. The third-order valence-electron chi connectivity index (χ3n) is 4.75. The maximum Gasteiger partial charge on any atom is 0.214 e. The fraction of sp³-hybridized carbons (Fsp3) is 0.273. The monoisotopic (exact) mass is 405 g/mol. The van der Waals surface area contributed by atoms with Crippen LogP contribution in [0.15, 0.2) is 53.6 Å². The van der Waals surface area contributed by atoms with Crippen molar-refractivity contribution in [2.75, 3.05) is 0 Å². The second-order valence-electron chi connectivity index (χ2n) is 6.71. The molecular formula is C22H22ClN6+. The number of hydrogen-bond acceptors (Lipinski definition) is 4. The van der Waals surface area contributed by atoms with Gasteiger partial charge in [-0.05, 0) is 29.2 Å². The summed E-state index contributed by atoms with van der Waals surface area (Å²) in [6.07, 6.45) is 2.93. The van der Waals surface area contributed by atoms with Gasteiger partial charge >= 0.3 is 0 Å². The average Bonchev–Trinajstić information content (AvgIpc) is 3.05. The van der Waals surface area contributed by atoms with Crippen molar-refractivity contribution in [3.05, 3.63) is 76.3 Å². The molecular weight excluding hydrogens is 384 g/mol. The molecule has 0 saturated carbocycles. The van der Waals surface area contributed by atoms with Gasteiger partial charge in [0.1, 0.15) is 27.3 Å². The van der Waals surface area contributed by atoms with Gasteiger partial charge < -0.3 is 4.57 Å². The van der Waals surface area contributed by atoms with Crippen LogP contribution in [0.4, 0.5) is 0 Å². The van der Waals surface area contributed by atoms with Crippen molar-refractivity contribution in [3.8, 4) is 17.2 Å². The Balaban J connectivity index is 1.88. The molecule has 0 amide bonds. The summed E-state index contributed by atoms with van der Waals surface area (Å²) in [5.74, 6) is 0.922. The van der Waals surface area contributed by atoms with Gasteiger partial charge in [-0.25, -0.2) is 4.98 Å². The molecule has 0 aliphatic carbocycles. The van der Waals surface area contributed by atoms with Gasteiger partial charge in [0.25, 0.3) is 0 Å². The van der Waals surface area contributed by atoms with Crippen LogP contribution < -0.4 is 4.91 Å². The zero-order chi connectivity index (χ0) is 20.6. The highest BCUT2D eigenvalue weighted by Crippen LogP contribution is 2.25. The molecule has 0 spiro atoms. The standard InChI is InChI=1S/C22H22ClN6/c1-2-3-8-21-27-20(14-26-28-25)22(23)29(21)15-16-9-11-17(12-10-16)19-7-5-4-6-18(19)13-24/h4-7,9-12,25H,2-3,8,14-15H2,1H3/q+1. The lowest BCUT2D eigenvalue weighted by molar-refractivity contribution is 0.678. The number of imidazole rings is 1. The van der Waals surface area contributed by atoms with Crippen LogP contribution in [-0.4, -0.2) is 9.55 Å². The number of unbranched alkanes of at least 4 members (excludes halogenated alkanes) is 1. The molecule has 0 aliphatic heterocycles. The molecule has 0 unspecified atom stereocenters. The third-order valence-corrected chi connectivity index (χ3v) is 5.17. The van der Waals surface area contributed by atoms with Crippen molar-refractivity contribution in [1.29, 1.82) is 10.8 Å². The molecule has 146 valence electrons. The number of rotatable bonds is 8. The highest BCUT2D eigenvalue weighted by atomic mass is 35.5. The van der Waals surface area contributed by atoms with Gasteiger partial charge in [-0.15, -0.1) is 0 Å². The lowest BCUT2D eigenvalue weighted by Crippen LogP contribution is -2.05. The molecule has 2 aromatic carbocycles. The topological polar surface area (TPSA) is 91.9 Å². The molecule has 0 atom stereocenters. The minimum absolute atomic E-state index is 0.207. The van der Waals surface area contributed by atoms with Gasteiger partial charge in [-0.2, -0.15) is 5.26 Å². The molecule has 7 heteroatoms. The van der Waals surface area contributed by atoms with E-state index in [0.717, 1.165) is 41.8 Å². The van der Waals surface area contributed by atoms with E-state index in [2.05, 4.69) is 28.0 Å². The Morgan fingerprint density at radius 2 is 1.97 bits per heavy atom. The molecule has 29 heavy (non-hydrogen) atoms. The fourth-order valence-electron chi connectivity index (χ4n) is 3.23. The van der Waals surface area contributed by atoms with E-state index in [4.69, 9.17) is 17.1 Å². The molecule has 1 heterocycles. The number of benzene rings is 2. The number of aryl methyl sites for hydroxylation is 1. The first-order valence-corrected chi connectivity index (χ1v) is 9.91. The number of halogens is 1. The van der Waals surface area contributed by atoms with E-state index in [1.165, 1.54) is 0 Å². The Labute approximate surface area is 175 Å². The summed E-state index contributed by atoms with van der Waals surface area (Å²) in [5.41, 5.74) is 11.2. The summed E-state index contributed by atoms with van der Waals surface area (Å²) in [4.78, 5) is 7.68. The van der Waals surface area contributed by atoms with E-state index in [-0.39, 0.29) is 6.54 Å². The van der Waals surface area contributed by atoms with E-state index in [0.29, 0.717) is 23.0 Å². The van der Waals surface area contributed by atoms with E-state index in [9.17, 15) is 5.26 Å². The van der Waals surface area contributed by atoms with Crippen LogP contribution in [0.5, 0.6) is 0 Å². The predicted octanol–water partition coefficient (Wildman–Crippen LogP) is 5.52. The minimum Gasteiger partial charge on any atom is -0.314 e. The summed E-state index contributed by atoms with van der Waals surface area (Å²) in [5, 5.41) is 13.6. The number of nitriles is 1. The Hall–Kier alpha value is -3.26. The van der Waals surface area contributed by atoms with Crippen molar-refractivity contribution < 1.29 is 0 Å². The van der Waals surface area contributed by atoms with E-state index in [1.807, 2.05) is 53.1 Å². The van der Waals surface area contributed by atoms with Crippen molar-refractivity contribution >= 4 is 11.6 Å². The smallest absolute Gasteiger partial charge is 0.214 e. The van der Waals surface area contributed by atoms with Crippen LogP contribution in [-0.2, 0) is 19.5 Å². The largest absolute Gasteiger partial charge is 0.314 e. The highest BCUT2D eigenvalue weighted by molar-refractivity contribution is 6.30. The maximum atomic E-state index is 9.32. The van der Waals surface area contributed by atoms with Gasteiger partial charge in [0, 0.05) is 6.42 Å². The fourth-order valence-corrected chi connectivity index (χ4v) is 3.48. The Bertz CT molecular complexity index is 1070. The molecule has 6 nitrogen and oxygen atoms in total. The Morgan fingerprint density at radius 1 is 1.21 bits per heavy atom. The van der Waals surface area contributed by atoms with E-state index >= 15 is 0 Å².